The summed E-state index contributed by atoms with van der Waals surface area (Å²) in [5.41, 5.74) is 7.23. The Hall–Kier alpha value is -1.89. The molecule has 0 aromatic carbocycles. The van der Waals surface area contributed by atoms with E-state index in [2.05, 4.69) is 36.4 Å². The highest BCUT2D eigenvalue weighted by Gasteiger charge is 2.19. The Balaban J connectivity index is 2.18. The van der Waals surface area contributed by atoms with E-state index in [-0.39, 0.29) is 17.5 Å². The number of amides is 1. The van der Waals surface area contributed by atoms with E-state index in [1.807, 2.05) is 13.8 Å². The number of nitrogens with two attached hydrogens (primary N) is 1. The highest BCUT2D eigenvalue weighted by molar-refractivity contribution is 9.10. The van der Waals surface area contributed by atoms with Gasteiger partial charge in [-0.3, -0.25) is 9.89 Å². The summed E-state index contributed by atoms with van der Waals surface area (Å²) in [5.74, 6) is 0.247. The number of hydrogen-bond acceptors (Lipinski definition) is 4. The van der Waals surface area contributed by atoms with E-state index >= 15 is 0 Å². The van der Waals surface area contributed by atoms with Crippen LogP contribution in [-0.2, 0) is 0 Å². The lowest BCUT2D eigenvalue weighted by atomic mass is 10.1. The highest BCUT2D eigenvalue weighted by atomic mass is 79.9. The monoisotopic (exact) mass is 323 g/mol. The molecule has 0 saturated carbocycles. The number of H-pyrrole nitrogens is 1. The third-order valence-electron chi connectivity index (χ3n) is 2.59. The maximum atomic E-state index is 12.0. The molecule has 0 saturated heterocycles. The molecule has 2 rings (SSSR count). The number of nitrogens with one attached hydrogen (secondary N) is 2. The fourth-order valence-corrected chi connectivity index (χ4v) is 1.84. The molecular weight excluding hydrogens is 310 g/mol. The minimum Gasteiger partial charge on any atom is -0.395 e. The zero-order valence-corrected chi connectivity index (χ0v) is 12.2. The molecule has 0 aliphatic rings. The van der Waals surface area contributed by atoms with Crippen molar-refractivity contribution < 1.29 is 4.79 Å². The van der Waals surface area contributed by atoms with Crippen LogP contribution in [0.15, 0.2) is 22.8 Å². The number of aromatic amines is 1. The van der Waals surface area contributed by atoms with Gasteiger partial charge in [0.05, 0.1) is 11.4 Å². The number of carbonyl (C=O) groups excluding carboxylic acids is 1. The molecule has 2 heterocycles. The van der Waals surface area contributed by atoms with Crippen LogP contribution < -0.4 is 11.1 Å². The van der Waals surface area contributed by atoms with Gasteiger partial charge in [-0.1, -0.05) is 13.8 Å². The average Bonchev–Trinajstić information content (AvgIpc) is 2.74. The van der Waals surface area contributed by atoms with Gasteiger partial charge in [-0.05, 0) is 34.0 Å². The fraction of sp³-hybridized carbons (Fsp3) is 0.250. The first kappa shape index (κ1) is 13.5. The predicted octanol–water partition coefficient (Wildman–Crippen LogP) is 2.53. The van der Waals surface area contributed by atoms with E-state index in [0.29, 0.717) is 11.5 Å². The standard InChI is InChI=1S/C12H14BrN5O/c1-6(2)10-9(14)11(18-17-10)12(19)16-8-4-3-7(13)5-15-8/h3-6H,14H2,1-2H3,(H,17,18)(H,15,16,19). The second kappa shape index (κ2) is 5.40. The van der Waals surface area contributed by atoms with Crippen LogP contribution in [0.1, 0.15) is 35.9 Å². The summed E-state index contributed by atoms with van der Waals surface area (Å²) in [7, 11) is 0. The molecule has 4 N–H and O–H groups in total. The van der Waals surface area contributed by atoms with E-state index in [0.717, 1.165) is 10.2 Å². The number of anilines is 2. The SMILES string of the molecule is CC(C)c1[nH]nc(C(=O)Nc2ccc(Br)cn2)c1N. The van der Waals surface area contributed by atoms with Crippen molar-refractivity contribution in [3.05, 3.63) is 34.2 Å². The fourth-order valence-electron chi connectivity index (χ4n) is 1.60. The van der Waals surface area contributed by atoms with Crippen molar-refractivity contribution in [2.24, 2.45) is 0 Å². The summed E-state index contributed by atoms with van der Waals surface area (Å²) in [6.07, 6.45) is 1.60. The molecule has 0 aliphatic carbocycles. The molecule has 0 unspecified atom stereocenters. The van der Waals surface area contributed by atoms with Crippen LogP contribution in [0.4, 0.5) is 11.5 Å². The van der Waals surface area contributed by atoms with Crippen LogP contribution >= 0.6 is 15.9 Å². The van der Waals surface area contributed by atoms with Crippen molar-refractivity contribution in [3.63, 3.8) is 0 Å². The zero-order valence-electron chi connectivity index (χ0n) is 10.6. The van der Waals surface area contributed by atoms with Crippen molar-refractivity contribution in [1.29, 1.82) is 0 Å². The van der Waals surface area contributed by atoms with Gasteiger partial charge in [-0.15, -0.1) is 0 Å². The molecule has 0 spiro atoms. The molecule has 0 aliphatic heterocycles. The van der Waals surface area contributed by atoms with Gasteiger partial charge in [0.1, 0.15) is 5.82 Å². The van der Waals surface area contributed by atoms with E-state index in [1.54, 1.807) is 18.3 Å². The molecule has 0 bridgehead atoms. The number of carbonyl (C=O) groups is 1. The van der Waals surface area contributed by atoms with Gasteiger partial charge in [0, 0.05) is 10.7 Å². The Kier molecular flexibility index (Phi) is 3.84. The lowest BCUT2D eigenvalue weighted by molar-refractivity contribution is 0.102. The summed E-state index contributed by atoms with van der Waals surface area (Å²) >= 11 is 3.27. The lowest BCUT2D eigenvalue weighted by Gasteiger charge is -2.04. The number of hydrogen-bond donors (Lipinski definition) is 3. The maximum Gasteiger partial charge on any atom is 0.279 e. The van der Waals surface area contributed by atoms with Gasteiger partial charge in [0.25, 0.3) is 5.91 Å². The van der Waals surface area contributed by atoms with Gasteiger partial charge in [-0.2, -0.15) is 5.10 Å². The first-order valence-corrected chi connectivity index (χ1v) is 6.55. The maximum absolute atomic E-state index is 12.0. The highest BCUT2D eigenvalue weighted by Crippen LogP contribution is 2.22. The molecule has 2 aromatic rings. The summed E-state index contributed by atoms with van der Waals surface area (Å²) in [5, 5.41) is 9.38. The van der Waals surface area contributed by atoms with Crippen LogP contribution in [0, 0.1) is 0 Å². The molecule has 0 radical (unpaired) electrons. The molecule has 100 valence electrons. The van der Waals surface area contributed by atoms with E-state index in [9.17, 15) is 4.79 Å². The summed E-state index contributed by atoms with van der Waals surface area (Å²) in [4.78, 5) is 16.1. The Morgan fingerprint density at radius 3 is 2.74 bits per heavy atom. The number of nitrogens with zero attached hydrogens (tertiary/aromatic N) is 2. The third kappa shape index (κ3) is 2.93. The lowest BCUT2D eigenvalue weighted by Crippen LogP contribution is -2.15. The van der Waals surface area contributed by atoms with Gasteiger partial charge in [-0.25, -0.2) is 4.98 Å². The quantitative estimate of drug-likeness (QED) is 0.808. The molecule has 2 aromatic heterocycles. The van der Waals surface area contributed by atoms with Gasteiger partial charge in [0.15, 0.2) is 5.69 Å². The minimum atomic E-state index is -0.379. The second-order valence-corrected chi connectivity index (χ2v) is 5.29. The van der Waals surface area contributed by atoms with Crippen LogP contribution in [-0.4, -0.2) is 21.1 Å². The number of pyridine rings is 1. The first-order valence-electron chi connectivity index (χ1n) is 5.75. The Bertz CT molecular complexity index is 591. The molecule has 19 heavy (non-hydrogen) atoms. The summed E-state index contributed by atoms with van der Waals surface area (Å²) in [6, 6.07) is 3.48. The molecule has 0 fully saturated rings. The summed E-state index contributed by atoms with van der Waals surface area (Å²) in [6.45, 7) is 3.95. The number of rotatable bonds is 3. The van der Waals surface area contributed by atoms with Crippen molar-refractivity contribution >= 4 is 33.3 Å². The predicted molar refractivity (Wildman–Crippen MR) is 77.0 cm³/mol. The zero-order chi connectivity index (χ0) is 14.0. The summed E-state index contributed by atoms with van der Waals surface area (Å²) < 4.78 is 0.840. The molecule has 1 amide bonds. The molecule has 0 atom stereocenters. The van der Waals surface area contributed by atoms with Crippen LogP contribution in [0.2, 0.25) is 0 Å². The van der Waals surface area contributed by atoms with E-state index in [4.69, 9.17) is 5.73 Å². The van der Waals surface area contributed by atoms with Crippen LogP contribution in [0.25, 0.3) is 0 Å². The molecule has 7 heteroatoms. The number of aromatic nitrogens is 3. The Labute approximate surface area is 118 Å². The van der Waals surface area contributed by atoms with Gasteiger partial charge in [0.2, 0.25) is 0 Å². The second-order valence-electron chi connectivity index (χ2n) is 4.37. The first-order chi connectivity index (χ1) is 8.99. The molecular formula is C12H14BrN5O. The number of halogens is 1. The largest absolute Gasteiger partial charge is 0.395 e. The van der Waals surface area contributed by atoms with Gasteiger partial charge < -0.3 is 11.1 Å². The van der Waals surface area contributed by atoms with Gasteiger partial charge >= 0.3 is 0 Å². The smallest absolute Gasteiger partial charge is 0.279 e. The van der Waals surface area contributed by atoms with E-state index in [1.165, 1.54) is 0 Å². The number of nitrogen functional groups attached to an aromatic ring is 1. The minimum absolute atomic E-state index is 0.180. The van der Waals surface area contributed by atoms with Crippen molar-refractivity contribution in [2.45, 2.75) is 19.8 Å². The normalized spacial score (nSPS) is 10.7. The topological polar surface area (TPSA) is 96.7 Å². The third-order valence-corrected chi connectivity index (χ3v) is 3.06. The van der Waals surface area contributed by atoms with Crippen molar-refractivity contribution in [2.75, 3.05) is 11.1 Å². The van der Waals surface area contributed by atoms with Crippen LogP contribution in [0.5, 0.6) is 0 Å². The Morgan fingerprint density at radius 2 is 2.21 bits per heavy atom. The van der Waals surface area contributed by atoms with Crippen molar-refractivity contribution in [1.82, 2.24) is 15.2 Å². The molecule has 6 nitrogen and oxygen atoms in total. The van der Waals surface area contributed by atoms with Crippen LogP contribution in [0.3, 0.4) is 0 Å². The van der Waals surface area contributed by atoms with E-state index < -0.39 is 0 Å². The Morgan fingerprint density at radius 1 is 1.47 bits per heavy atom. The average molecular weight is 324 g/mol. The van der Waals surface area contributed by atoms with Crippen molar-refractivity contribution in [3.8, 4) is 0 Å².